The fourth-order valence-electron chi connectivity index (χ4n) is 2.28. The van der Waals surface area contributed by atoms with Crippen LogP contribution in [0.3, 0.4) is 0 Å². The summed E-state index contributed by atoms with van der Waals surface area (Å²) in [6, 6.07) is 7.94. The topological polar surface area (TPSA) is 48.0 Å². The van der Waals surface area contributed by atoms with Gasteiger partial charge in [-0.2, -0.15) is 0 Å². The van der Waals surface area contributed by atoms with Crippen LogP contribution in [0.2, 0.25) is 0 Å². The molecule has 0 radical (unpaired) electrons. The molecular weight excluding hydrogens is 270 g/mol. The number of ether oxygens (including phenoxy) is 3. The van der Waals surface area contributed by atoms with Crippen molar-refractivity contribution in [2.24, 2.45) is 0 Å². The van der Waals surface area contributed by atoms with Crippen molar-refractivity contribution in [3.05, 3.63) is 29.8 Å². The Morgan fingerprint density at radius 3 is 2.57 bits per heavy atom. The standard InChI is InChI=1S/C16H23NO4/c1-13(17-7-9-20-10-8-17)12-21-15-5-3-14(4-6-15)11-16(18)19-2/h3-6,13H,7-12H2,1-2H3/t13-/m1/s1. The number of hydrogen-bond acceptors (Lipinski definition) is 5. The molecule has 5 heteroatoms. The van der Waals surface area contributed by atoms with Crippen molar-refractivity contribution in [1.29, 1.82) is 0 Å². The molecule has 1 saturated heterocycles. The summed E-state index contributed by atoms with van der Waals surface area (Å²) in [5, 5.41) is 0. The second-order valence-corrected chi connectivity index (χ2v) is 5.21. The Morgan fingerprint density at radius 2 is 1.95 bits per heavy atom. The van der Waals surface area contributed by atoms with Gasteiger partial charge in [0.15, 0.2) is 0 Å². The van der Waals surface area contributed by atoms with Crippen molar-refractivity contribution in [2.45, 2.75) is 19.4 Å². The highest BCUT2D eigenvalue weighted by molar-refractivity contribution is 5.72. The summed E-state index contributed by atoms with van der Waals surface area (Å²) < 4.78 is 15.8. The lowest BCUT2D eigenvalue weighted by Gasteiger charge is -2.32. The summed E-state index contributed by atoms with van der Waals surface area (Å²) >= 11 is 0. The fraction of sp³-hybridized carbons (Fsp3) is 0.562. The van der Waals surface area contributed by atoms with Crippen LogP contribution in [-0.2, 0) is 20.7 Å². The average molecular weight is 293 g/mol. The van der Waals surface area contributed by atoms with Crippen LogP contribution < -0.4 is 4.74 Å². The zero-order valence-corrected chi connectivity index (χ0v) is 12.7. The molecule has 1 atom stereocenters. The van der Waals surface area contributed by atoms with Crippen LogP contribution in [0.4, 0.5) is 0 Å². The molecule has 0 unspecified atom stereocenters. The van der Waals surface area contributed by atoms with E-state index < -0.39 is 0 Å². The molecule has 1 aliphatic heterocycles. The van der Waals surface area contributed by atoms with Gasteiger partial charge in [0, 0.05) is 19.1 Å². The SMILES string of the molecule is COC(=O)Cc1ccc(OC[C@@H](C)N2CCOCC2)cc1. The van der Waals surface area contributed by atoms with Gasteiger partial charge >= 0.3 is 5.97 Å². The first-order chi connectivity index (χ1) is 10.2. The van der Waals surface area contributed by atoms with Gasteiger partial charge in [-0.05, 0) is 24.6 Å². The zero-order chi connectivity index (χ0) is 15.1. The van der Waals surface area contributed by atoms with Crippen molar-refractivity contribution >= 4 is 5.97 Å². The lowest BCUT2D eigenvalue weighted by Crippen LogP contribution is -2.44. The largest absolute Gasteiger partial charge is 0.492 e. The van der Waals surface area contributed by atoms with E-state index in [1.165, 1.54) is 7.11 Å². The first-order valence-corrected chi connectivity index (χ1v) is 7.29. The van der Waals surface area contributed by atoms with Crippen molar-refractivity contribution in [2.75, 3.05) is 40.0 Å². The molecule has 0 N–H and O–H groups in total. The maximum atomic E-state index is 11.2. The van der Waals surface area contributed by atoms with Gasteiger partial charge in [0.05, 0.1) is 26.7 Å². The minimum Gasteiger partial charge on any atom is -0.492 e. The summed E-state index contributed by atoms with van der Waals surface area (Å²) in [4.78, 5) is 13.6. The van der Waals surface area contributed by atoms with Crippen molar-refractivity contribution in [3.63, 3.8) is 0 Å². The molecule has 5 nitrogen and oxygen atoms in total. The zero-order valence-electron chi connectivity index (χ0n) is 12.7. The number of methoxy groups -OCH3 is 1. The van der Waals surface area contributed by atoms with Crippen LogP contribution >= 0.6 is 0 Å². The number of benzene rings is 1. The Balaban J connectivity index is 1.78. The highest BCUT2D eigenvalue weighted by Crippen LogP contribution is 2.14. The van der Waals surface area contributed by atoms with Crippen LogP contribution in [0.1, 0.15) is 12.5 Å². The summed E-state index contributed by atoms with van der Waals surface area (Å²) in [5.41, 5.74) is 0.926. The normalized spacial score (nSPS) is 17.2. The van der Waals surface area contributed by atoms with Crippen LogP contribution in [0.5, 0.6) is 5.75 Å². The quantitative estimate of drug-likeness (QED) is 0.744. The van der Waals surface area contributed by atoms with Gasteiger partial charge in [0.25, 0.3) is 0 Å². The maximum Gasteiger partial charge on any atom is 0.309 e. The summed E-state index contributed by atoms with van der Waals surface area (Å²) in [6.45, 7) is 6.33. The van der Waals surface area contributed by atoms with E-state index in [4.69, 9.17) is 9.47 Å². The number of carbonyl (C=O) groups is 1. The third kappa shape index (κ3) is 5.02. The molecule has 1 aromatic carbocycles. The summed E-state index contributed by atoms with van der Waals surface area (Å²) in [5.74, 6) is 0.591. The third-order valence-corrected chi connectivity index (χ3v) is 3.66. The molecule has 1 aromatic rings. The molecule has 1 aliphatic rings. The Hall–Kier alpha value is -1.59. The number of nitrogens with zero attached hydrogens (tertiary/aromatic N) is 1. The molecule has 0 amide bonds. The molecule has 21 heavy (non-hydrogen) atoms. The smallest absolute Gasteiger partial charge is 0.309 e. The van der Waals surface area contributed by atoms with E-state index in [1.54, 1.807) is 0 Å². The Kier molecular flexibility index (Phi) is 6.02. The predicted molar refractivity (Wildman–Crippen MR) is 79.5 cm³/mol. The van der Waals surface area contributed by atoms with Crippen molar-refractivity contribution < 1.29 is 19.0 Å². The maximum absolute atomic E-state index is 11.2. The van der Waals surface area contributed by atoms with Crippen LogP contribution in [0.25, 0.3) is 0 Å². The van der Waals surface area contributed by atoms with Crippen LogP contribution in [0.15, 0.2) is 24.3 Å². The minimum atomic E-state index is -0.232. The van der Waals surface area contributed by atoms with Crippen molar-refractivity contribution in [3.8, 4) is 5.75 Å². The molecule has 2 rings (SSSR count). The Morgan fingerprint density at radius 1 is 1.29 bits per heavy atom. The van der Waals surface area contributed by atoms with E-state index in [2.05, 4.69) is 16.6 Å². The molecule has 0 saturated carbocycles. The van der Waals surface area contributed by atoms with E-state index >= 15 is 0 Å². The second kappa shape index (κ2) is 8.00. The van der Waals surface area contributed by atoms with Crippen LogP contribution in [0, 0.1) is 0 Å². The summed E-state index contributed by atoms with van der Waals surface area (Å²) in [6.07, 6.45) is 0.293. The summed E-state index contributed by atoms with van der Waals surface area (Å²) in [7, 11) is 1.40. The highest BCUT2D eigenvalue weighted by atomic mass is 16.5. The van der Waals surface area contributed by atoms with Crippen LogP contribution in [-0.4, -0.2) is 56.9 Å². The molecule has 0 aliphatic carbocycles. The van der Waals surface area contributed by atoms with Gasteiger partial charge in [-0.1, -0.05) is 12.1 Å². The van der Waals surface area contributed by atoms with E-state index in [1.807, 2.05) is 24.3 Å². The van der Waals surface area contributed by atoms with Gasteiger partial charge in [-0.3, -0.25) is 9.69 Å². The van der Waals surface area contributed by atoms with Gasteiger partial charge in [0.1, 0.15) is 12.4 Å². The molecule has 0 spiro atoms. The Bertz CT molecular complexity index is 440. The molecule has 0 aromatic heterocycles. The van der Waals surface area contributed by atoms with Gasteiger partial charge in [-0.15, -0.1) is 0 Å². The fourth-order valence-corrected chi connectivity index (χ4v) is 2.28. The van der Waals surface area contributed by atoms with E-state index in [0.717, 1.165) is 37.6 Å². The predicted octanol–water partition coefficient (Wildman–Crippen LogP) is 1.50. The lowest BCUT2D eigenvalue weighted by molar-refractivity contribution is -0.139. The molecule has 116 valence electrons. The molecule has 0 bridgehead atoms. The number of rotatable bonds is 6. The highest BCUT2D eigenvalue weighted by Gasteiger charge is 2.17. The average Bonchev–Trinajstić information content (AvgIpc) is 2.54. The Labute approximate surface area is 125 Å². The molecular formula is C16H23NO4. The van der Waals surface area contributed by atoms with E-state index in [0.29, 0.717) is 19.1 Å². The monoisotopic (exact) mass is 293 g/mol. The minimum absolute atomic E-state index is 0.232. The lowest BCUT2D eigenvalue weighted by atomic mass is 10.1. The number of morpholine rings is 1. The molecule has 1 heterocycles. The van der Waals surface area contributed by atoms with E-state index in [-0.39, 0.29) is 5.97 Å². The van der Waals surface area contributed by atoms with Crippen molar-refractivity contribution in [1.82, 2.24) is 4.90 Å². The number of carbonyl (C=O) groups excluding carboxylic acids is 1. The number of hydrogen-bond donors (Lipinski definition) is 0. The second-order valence-electron chi connectivity index (χ2n) is 5.21. The van der Waals surface area contributed by atoms with Gasteiger partial charge in [0.2, 0.25) is 0 Å². The first kappa shape index (κ1) is 15.8. The van der Waals surface area contributed by atoms with E-state index in [9.17, 15) is 4.79 Å². The number of esters is 1. The third-order valence-electron chi connectivity index (χ3n) is 3.66. The van der Waals surface area contributed by atoms with Gasteiger partial charge < -0.3 is 14.2 Å². The van der Waals surface area contributed by atoms with Gasteiger partial charge in [-0.25, -0.2) is 0 Å². The first-order valence-electron chi connectivity index (χ1n) is 7.29. The molecule has 1 fully saturated rings.